The number of halogens is 2. The quantitative estimate of drug-likeness (QED) is 0.588. The van der Waals surface area contributed by atoms with E-state index in [1.807, 2.05) is 18.7 Å². The van der Waals surface area contributed by atoms with Crippen molar-refractivity contribution in [3.05, 3.63) is 46.1 Å². The van der Waals surface area contributed by atoms with Crippen molar-refractivity contribution in [1.29, 1.82) is 0 Å². The second kappa shape index (κ2) is 9.45. The number of aromatic carboxylic acids is 1. The molecule has 0 saturated heterocycles. The van der Waals surface area contributed by atoms with Crippen LogP contribution in [0.2, 0.25) is 10.0 Å². The van der Waals surface area contributed by atoms with Crippen LogP contribution in [0.15, 0.2) is 35.4 Å². The maximum Gasteiger partial charge on any atom is 0.339 e. The smallest absolute Gasteiger partial charge is 0.339 e. The van der Waals surface area contributed by atoms with E-state index < -0.39 is 16.0 Å². The lowest BCUT2D eigenvalue weighted by Crippen LogP contribution is -2.28. The van der Waals surface area contributed by atoms with Gasteiger partial charge in [-0.25, -0.2) is 18.2 Å². The topological polar surface area (TPSA) is 99.6 Å². The number of sulfonamides is 1. The van der Waals surface area contributed by atoms with Crippen LogP contribution in [0.5, 0.6) is 0 Å². The molecule has 0 aliphatic rings. The maximum absolute atomic E-state index is 12.6. The van der Waals surface area contributed by atoms with E-state index in [1.165, 1.54) is 30.5 Å². The third-order valence-corrected chi connectivity index (χ3v) is 5.96. The molecule has 152 valence electrons. The molecule has 2 aromatic rings. The molecule has 0 aliphatic carbocycles. The van der Waals surface area contributed by atoms with Gasteiger partial charge in [-0.15, -0.1) is 0 Å². The average molecular weight is 446 g/mol. The molecule has 10 heteroatoms. The van der Waals surface area contributed by atoms with Gasteiger partial charge in [0.15, 0.2) is 0 Å². The second-order valence-electron chi connectivity index (χ2n) is 6.07. The predicted molar refractivity (Wildman–Crippen MR) is 111 cm³/mol. The fourth-order valence-electron chi connectivity index (χ4n) is 2.64. The van der Waals surface area contributed by atoms with E-state index in [0.29, 0.717) is 18.9 Å². The summed E-state index contributed by atoms with van der Waals surface area (Å²) in [5, 5.41) is 9.91. The Morgan fingerprint density at radius 2 is 1.79 bits per heavy atom. The molecule has 0 unspecified atom stereocenters. The molecule has 1 aromatic carbocycles. The first-order chi connectivity index (χ1) is 13.2. The van der Waals surface area contributed by atoms with Gasteiger partial charge in [0.1, 0.15) is 11.4 Å². The van der Waals surface area contributed by atoms with Gasteiger partial charge in [-0.1, -0.05) is 37.0 Å². The number of carbonyl (C=O) groups is 1. The summed E-state index contributed by atoms with van der Waals surface area (Å²) in [6.07, 6.45) is 2.95. The summed E-state index contributed by atoms with van der Waals surface area (Å²) in [5.41, 5.74) is -0.0311. The molecule has 28 heavy (non-hydrogen) atoms. The third kappa shape index (κ3) is 5.27. The summed E-state index contributed by atoms with van der Waals surface area (Å²) in [6.45, 7) is 5.27. The van der Waals surface area contributed by atoms with Crippen molar-refractivity contribution in [3.63, 3.8) is 0 Å². The lowest BCUT2D eigenvalue weighted by atomic mass is 10.2. The van der Waals surface area contributed by atoms with E-state index in [2.05, 4.69) is 9.71 Å². The highest BCUT2D eigenvalue weighted by atomic mass is 35.5. The Labute approximate surface area is 174 Å². The van der Waals surface area contributed by atoms with Crippen LogP contribution in [0.1, 0.15) is 37.0 Å². The van der Waals surface area contributed by atoms with E-state index in [-0.39, 0.29) is 26.2 Å². The first-order valence-electron chi connectivity index (χ1n) is 8.65. The van der Waals surface area contributed by atoms with Crippen LogP contribution in [0.3, 0.4) is 0 Å². The molecule has 1 aromatic heterocycles. The minimum Gasteiger partial charge on any atom is -0.478 e. The predicted octanol–water partition coefficient (Wildman–Crippen LogP) is 4.51. The molecule has 0 spiro atoms. The fraction of sp³-hybridized carbons (Fsp3) is 0.333. The molecule has 0 fully saturated rings. The van der Waals surface area contributed by atoms with Crippen LogP contribution in [-0.4, -0.2) is 37.6 Å². The van der Waals surface area contributed by atoms with Crippen LogP contribution < -0.4 is 9.62 Å². The maximum atomic E-state index is 12.6. The summed E-state index contributed by atoms with van der Waals surface area (Å²) in [4.78, 5) is 17.7. The van der Waals surface area contributed by atoms with Gasteiger partial charge in [-0.05, 0) is 37.1 Å². The van der Waals surface area contributed by atoms with E-state index in [1.54, 1.807) is 0 Å². The summed E-state index contributed by atoms with van der Waals surface area (Å²) in [5.74, 6) is -0.871. The van der Waals surface area contributed by atoms with Gasteiger partial charge in [0, 0.05) is 13.1 Å². The highest BCUT2D eigenvalue weighted by Gasteiger charge is 2.21. The Hall–Kier alpha value is -2.03. The summed E-state index contributed by atoms with van der Waals surface area (Å²) in [7, 11) is -3.99. The van der Waals surface area contributed by atoms with E-state index in [9.17, 15) is 18.3 Å². The normalized spacial score (nSPS) is 11.3. The lowest BCUT2D eigenvalue weighted by molar-refractivity contribution is 0.0697. The van der Waals surface area contributed by atoms with Crippen molar-refractivity contribution >= 4 is 50.7 Å². The van der Waals surface area contributed by atoms with Gasteiger partial charge >= 0.3 is 5.97 Å². The number of hydrogen-bond acceptors (Lipinski definition) is 5. The monoisotopic (exact) mass is 445 g/mol. The molecule has 7 nitrogen and oxygen atoms in total. The van der Waals surface area contributed by atoms with Crippen LogP contribution in [-0.2, 0) is 10.0 Å². The van der Waals surface area contributed by atoms with Crippen LogP contribution in [0, 0.1) is 0 Å². The Morgan fingerprint density at radius 3 is 2.32 bits per heavy atom. The van der Waals surface area contributed by atoms with Crippen molar-refractivity contribution in [2.45, 2.75) is 31.6 Å². The first-order valence-corrected chi connectivity index (χ1v) is 10.9. The van der Waals surface area contributed by atoms with E-state index in [0.717, 1.165) is 12.8 Å². The Balaban J connectivity index is 2.40. The van der Waals surface area contributed by atoms with Crippen molar-refractivity contribution in [1.82, 2.24) is 4.98 Å². The van der Waals surface area contributed by atoms with E-state index in [4.69, 9.17) is 23.2 Å². The Kier molecular flexibility index (Phi) is 7.51. The molecular formula is C18H21Cl2N3O4S. The van der Waals surface area contributed by atoms with Crippen molar-refractivity contribution in [3.8, 4) is 0 Å². The minimum absolute atomic E-state index is 0.0418. The van der Waals surface area contributed by atoms with Gasteiger partial charge in [0.25, 0.3) is 10.0 Å². The van der Waals surface area contributed by atoms with Gasteiger partial charge in [-0.3, -0.25) is 4.72 Å². The van der Waals surface area contributed by atoms with Gasteiger partial charge in [0.05, 0.1) is 26.8 Å². The Bertz CT molecular complexity index is 961. The summed E-state index contributed by atoms with van der Waals surface area (Å²) < 4.78 is 27.5. The van der Waals surface area contributed by atoms with Gasteiger partial charge in [0.2, 0.25) is 0 Å². The molecule has 0 radical (unpaired) electrons. The number of hydrogen-bond donors (Lipinski definition) is 2. The fourth-order valence-corrected chi connectivity index (χ4v) is 4.07. The zero-order valence-electron chi connectivity index (χ0n) is 15.4. The van der Waals surface area contributed by atoms with Crippen molar-refractivity contribution in [2.75, 3.05) is 22.7 Å². The SMILES string of the molecule is CCCN(CCC)c1ncc(NS(=O)(=O)c2ccc(Cl)c(Cl)c2)cc1C(=O)O. The number of rotatable bonds is 9. The molecule has 0 bridgehead atoms. The molecule has 0 saturated carbocycles. The zero-order valence-corrected chi connectivity index (χ0v) is 17.8. The number of anilines is 2. The minimum atomic E-state index is -3.99. The van der Waals surface area contributed by atoms with Crippen molar-refractivity contribution in [2.24, 2.45) is 0 Å². The molecular weight excluding hydrogens is 425 g/mol. The Morgan fingerprint density at radius 1 is 1.14 bits per heavy atom. The largest absolute Gasteiger partial charge is 0.478 e. The van der Waals surface area contributed by atoms with Crippen LogP contribution >= 0.6 is 23.2 Å². The van der Waals surface area contributed by atoms with Gasteiger partial charge in [-0.2, -0.15) is 0 Å². The molecule has 2 N–H and O–H groups in total. The highest BCUT2D eigenvalue weighted by Crippen LogP contribution is 2.27. The van der Waals surface area contributed by atoms with Crippen molar-refractivity contribution < 1.29 is 18.3 Å². The molecule has 2 rings (SSSR count). The molecule has 0 aliphatic heterocycles. The third-order valence-electron chi connectivity index (χ3n) is 3.84. The second-order valence-corrected chi connectivity index (χ2v) is 8.57. The summed E-state index contributed by atoms with van der Waals surface area (Å²) >= 11 is 11.7. The number of pyridine rings is 1. The lowest BCUT2D eigenvalue weighted by Gasteiger charge is -2.24. The summed E-state index contributed by atoms with van der Waals surface area (Å²) in [6, 6.07) is 5.16. The number of carboxylic acids is 1. The molecule has 1 heterocycles. The number of nitrogens with zero attached hydrogens (tertiary/aromatic N) is 2. The van der Waals surface area contributed by atoms with Crippen LogP contribution in [0.25, 0.3) is 0 Å². The standard InChI is InChI=1S/C18H21Cl2N3O4S/c1-3-7-23(8-4-2)17-14(18(24)25)9-12(11-21-17)22-28(26,27)13-5-6-15(19)16(20)10-13/h5-6,9-11,22H,3-4,7-8H2,1-2H3,(H,24,25). The zero-order chi connectivity index (χ0) is 20.9. The number of aromatic nitrogens is 1. The molecule has 0 atom stereocenters. The van der Waals surface area contributed by atoms with Crippen LogP contribution in [0.4, 0.5) is 11.5 Å². The number of nitrogens with one attached hydrogen (secondary N) is 1. The highest BCUT2D eigenvalue weighted by molar-refractivity contribution is 7.92. The van der Waals surface area contributed by atoms with Gasteiger partial charge < -0.3 is 10.0 Å². The number of benzene rings is 1. The van der Waals surface area contributed by atoms with E-state index >= 15 is 0 Å². The average Bonchev–Trinajstić information content (AvgIpc) is 2.63. The first kappa shape index (κ1) is 22.3. The number of carboxylic acid groups (broad SMARTS) is 1. The molecule has 0 amide bonds.